The van der Waals surface area contributed by atoms with Crippen molar-refractivity contribution in [2.75, 3.05) is 6.61 Å². The SMILES string of the molecule is N#Cc1cc(COc2ccc3c(c2)cc2n3CCOC2CC(=O)O)cc(OC(F)(F)F)c1. The van der Waals surface area contributed by atoms with Gasteiger partial charge in [0.1, 0.15) is 24.2 Å². The first-order valence-electron chi connectivity index (χ1n) is 9.61. The lowest BCUT2D eigenvalue weighted by atomic mass is 10.1. The number of ether oxygens (including phenoxy) is 3. The van der Waals surface area contributed by atoms with Crippen LogP contribution in [0.25, 0.3) is 10.9 Å². The normalized spacial score (nSPS) is 15.8. The Bertz CT molecular complexity index is 1210. The standard InChI is InChI=1S/C22H17F3N2O5/c23-22(24,25)32-17-6-13(11-26)5-14(7-17)12-31-16-1-2-18-15(8-16)9-19-20(10-21(28)29)30-4-3-27(18)19/h1-2,5-9,20H,3-4,10,12H2,(H,28,29). The molecule has 0 spiro atoms. The molecule has 1 aliphatic rings. The Morgan fingerprint density at radius 2 is 2.03 bits per heavy atom. The van der Waals surface area contributed by atoms with Gasteiger partial charge in [0.05, 0.1) is 24.7 Å². The Kier molecular flexibility index (Phi) is 5.67. The van der Waals surface area contributed by atoms with Gasteiger partial charge in [0.15, 0.2) is 0 Å². The number of carboxylic acid groups (broad SMARTS) is 1. The zero-order valence-electron chi connectivity index (χ0n) is 16.6. The Morgan fingerprint density at radius 3 is 2.75 bits per heavy atom. The molecule has 7 nitrogen and oxygen atoms in total. The van der Waals surface area contributed by atoms with E-state index in [1.807, 2.05) is 16.7 Å². The molecule has 32 heavy (non-hydrogen) atoms. The molecule has 1 atom stereocenters. The summed E-state index contributed by atoms with van der Waals surface area (Å²) in [6, 6.07) is 12.6. The summed E-state index contributed by atoms with van der Waals surface area (Å²) in [6.45, 7) is 0.927. The van der Waals surface area contributed by atoms with Gasteiger partial charge in [-0.1, -0.05) is 0 Å². The van der Waals surface area contributed by atoms with E-state index in [9.17, 15) is 18.0 Å². The van der Waals surface area contributed by atoms with E-state index in [4.69, 9.17) is 19.8 Å². The second kappa shape index (κ2) is 8.43. The van der Waals surface area contributed by atoms with Gasteiger partial charge in [0.2, 0.25) is 0 Å². The molecule has 0 radical (unpaired) electrons. The summed E-state index contributed by atoms with van der Waals surface area (Å²) in [5.41, 5.74) is 2.03. The number of aromatic nitrogens is 1. The number of fused-ring (bicyclic) bond motifs is 3. The van der Waals surface area contributed by atoms with E-state index in [0.29, 0.717) is 24.5 Å². The number of alkyl halides is 3. The van der Waals surface area contributed by atoms with Crippen LogP contribution in [0.4, 0.5) is 13.2 Å². The molecule has 3 aromatic rings. The second-order valence-electron chi connectivity index (χ2n) is 7.21. The highest BCUT2D eigenvalue weighted by molar-refractivity contribution is 5.83. The predicted octanol–water partition coefficient (Wildman–Crippen LogP) is 4.54. The highest BCUT2D eigenvalue weighted by Gasteiger charge is 2.31. The molecule has 166 valence electrons. The maximum absolute atomic E-state index is 12.5. The van der Waals surface area contributed by atoms with Crippen LogP contribution in [-0.4, -0.2) is 28.6 Å². The van der Waals surface area contributed by atoms with Crippen molar-refractivity contribution < 1.29 is 37.3 Å². The molecule has 1 aliphatic heterocycles. The molecule has 2 heterocycles. The van der Waals surface area contributed by atoms with Gasteiger partial charge in [-0.05, 0) is 48.0 Å². The first kappa shape index (κ1) is 21.5. The average molecular weight is 446 g/mol. The molecule has 0 bridgehead atoms. The van der Waals surface area contributed by atoms with Gasteiger partial charge in [-0.25, -0.2) is 0 Å². The monoisotopic (exact) mass is 446 g/mol. The van der Waals surface area contributed by atoms with Crippen LogP contribution in [0, 0.1) is 11.3 Å². The molecule has 1 N–H and O–H groups in total. The molecule has 0 fully saturated rings. The zero-order chi connectivity index (χ0) is 22.9. The summed E-state index contributed by atoms with van der Waals surface area (Å²) in [4.78, 5) is 11.1. The van der Waals surface area contributed by atoms with Crippen molar-refractivity contribution in [3.8, 4) is 17.6 Å². The minimum absolute atomic E-state index is 0.0189. The van der Waals surface area contributed by atoms with Crippen LogP contribution >= 0.6 is 0 Å². The van der Waals surface area contributed by atoms with Crippen LogP contribution in [0.2, 0.25) is 0 Å². The third-order valence-corrected chi connectivity index (χ3v) is 4.96. The van der Waals surface area contributed by atoms with Gasteiger partial charge in [-0.15, -0.1) is 13.2 Å². The lowest BCUT2D eigenvalue weighted by molar-refractivity contribution is -0.274. The van der Waals surface area contributed by atoms with E-state index < -0.39 is 24.2 Å². The lowest BCUT2D eigenvalue weighted by Crippen LogP contribution is -2.22. The summed E-state index contributed by atoms with van der Waals surface area (Å²) in [6.07, 6.45) is -5.55. The van der Waals surface area contributed by atoms with Gasteiger partial charge >= 0.3 is 12.3 Å². The Balaban J connectivity index is 1.55. The van der Waals surface area contributed by atoms with Crippen LogP contribution in [0.5, 0.6) is 11.5 Å². The molecule has 0 saturated heterocycles. The van der Waals surface area contributed by atoms with E-state index in [2.05, 4.69) is 4.74 Å². The van der Waals surface area contributed by atoms with E-state index in [1.54, 1.807) is 18.2 Å². The fourth-order valence-corrected chi connectivity index (χ4v) is 3.74. The van der Waals surface area contributed by atoms with Crippen molar-refractivity contribution in [2.24, 2.45) is 0 Å². The van der Waals surface area contributed by atoms with Crippen molar-refractivity contribution in [1.29, 1.82) is 5.26 Å². The number of hydrogen-bond donors (Lipinski definition) is 1. The van der Waals surface area contributed by atoms with E-state index in [1.165, 1.54) is 6.07 Å². The predicted molar refractivity (Wildman–Crippen MR) is 105 cm³/mol. The minimum atomic E-state index is -4.87. The van der Waals surface area contributed by atoms with E-state index in [0.717, 1.165) is 28.7 Å². The topological polar surface area (TPSA) is 93.7 Å². The van der Waals surface area contributed by atoms with Gasteiger partial charge in [0.25, 0.3) is 0 Å². The maximum atomic E-state index is 12.5. The lowest BCUT2D eigenvalue weighted by Gasteiger charge is -2.24. The van der Waals surface area contributed by atoms with Crippen LogP contribution in [0.3, 0.4) is 0 Å². The third-order valence-electron chi connectivity index (χ3n) is 4.96. The molecule has 2 aromatic carbocycles. The van der Waals surface area contributed by atoms with Gasteiger partial charge in [-0.3, -0.25) is 4.79 Å². The molecule has 0 saturated carbocycles. The van der Waals surface area contributed by atoms with Crippen molar-refractivity contribution in [2.45, 2.75) is 32.0 Å². The third kappa shape index (κ3) is 4.78. The number of nitrogens with zero attached hydrogens (tertiary/aromatic N) is 2. The number of nitriles is 1. The number of carboxylic acids is 1. The van der Waals surface area contributed by atoms with Gasteiger partial charge in [0, 0.05) is 23.1 Å². The summed E-state index contributed by atoms with van der Waals surface area (Å²) in [5.74, 6) is -0.974. The Hall–Kier alpha value is -3.71. The largest absolute Gasteiger partial charge is 0.573 e. The summed E-state index contributed by atoms with van der Waals surface area (Å²) in [5, 5.41) is 19.0. The van der Waals surface area contributed by atoms with E-state index >= 15 is 0 Å². The van der Waals surface area contributed by atoms with Gasteiger partial charge < -0.3 is 23.9 Å². The maximum Gasteiger partial charge on any atom is 0.573 e. The summed E-state index contributed by atoms with van der Waals surface area (Å²) < 4.78 is 54.8. The fraction of sp³-hybridized carbons (Fsp3) is 0.273. The number of aliphatic carboxylic acids is 1. The second-order valence-corrected chi connectivity index (χ2v) is 7.21. The Morgan fingerprint density at radius 1 is 1.22 bits per heavy atom. The molecule has 4 rings (SSSR count). The number of halogens is 3. The fourth-order valence-electron chi connectivity index (χ4n) is 3.74. The van der Waals surface area contributed by atoms with Crippen LogP contribution in [0.15, 0.2) is 42.5 Å². The molecule has 1 unspecified atom stereocenters. The molecular formula is C22H17F3N2O5. The Labute approximate surface area is 180 Å². The van der Waals surface area contributed by atoms with Crippen LogP contribution < -0.4 is 9.47 Å². The van der Waals surface area contributed by atoms with Crippen molar-refractivity contribution in [1.82, 2.24) is 4.57 Å². The highest BCUT2D eigenvalue weighted by Crippen LogP contribution is 2.33. The molecular weight excluding hydrogens is 429 g/mol. The molecule has 10 heteroatoms. The minimum Gasteiger partial charge on any atom is -0.489 e. The smallest absolute Gasteiger partial charge is 0.489 e. The van der Waals surface area contributed by atoms with Crippen molar-refractivity contribution in [3.63, 3.8) is 0 Å². The van der Waals surface area contributed by atoms with Gasteiger partial charge in [-0.2, -0.15) is 5.26 Å². The van der Waals surface area contributed by atoms with Crippen molar-refractivity contribution >= 4 is 16.9 Å². The number of hydrogen-bond acceptors (Lipinski definition) is 5. The highest BCUT2D eigenvalue weighted by atomic mass is 19.4. The summed E-state index contributed by atoms with van der Waals surface area (Å²) in [7, 11) is 0. The first-order valence-corrected chi connectivity index (χ1v) is 9.61. The average Bonchev–Trinajstić information content (AvgIpc) is 3.09. The number of benzene rings is 2. The zero-order valence-corrected chi connectivity index (χ0v) is 16.6. The quantitative estimate of drug-likeness (QED) is 0.598. The number of carbonyl (C=O) groups is 1. The number of rotatable bonds is 6. The molecule has 0 amide bonds. The molecule has 1 aromatic heterocycles. The van der Waals surface area contributed by atoms with Crippen LogP contribution in [-0.2, 0) is 22.7 Å². The van der Waals surface area contributed by atoms with Crippen molar-refractivity contribution in [3.05, 3.63) is 59.3 Å². The molecule has 0 aliphatic carbocycles. The summed E-state index contributed by atoms with van der Waals surface area (Å²) >= 11 is 0. The first-order chi connectivity index (χ1) is 15.2. The van der Waals surface area contributed by atoms with E-state index in [-0.39, 0.29) is 18.6 Å². The van der Waals surface area contributed by atoms with Crippen LogP contribution in [0.1, 0.15) is 29.3 Å².